The van der Waals surface area contributed by atoms with E-state index in [1.54, 1.807) is 19.2 Å². The summed E-state index contributed by atoms with van der Waals surface area (Å²) >= 11 is 0. The van der Waals surface area contributed by atoms with Crippen molar-refractivity contribution in [3.63, 3.8) is 0 Å². The van der Waals surface area contributed by atoms with Gasteiger partial charge in [-0.25, -0.2) is 19.6 Å². The molecule has 4 aromatic carbocycles. The van der Waals surface area contributed by atoms with Gasteiger partial charge >= 0.3 is 12.1 Å². The summed E-state index contributed by atoms with van der Waals surface area (Å²) < 4.78 is 37.5. The Bertz CT molecular complexity index is 2370. The van der Waals surface area contributed by atoms with Crippen LogP contribution in [0.2, 0.25) is 0 Å². The number of fused-ring (bicyclic) bond motifs is 3. The van der Waals surface area contributed by atoms with E-state index in [1.165, 1.54) is 6.92 Å². The van der Waals surface area contributed by atoms with E-state index >= 15 is 0 Å². The first-order chi connectivity index (χ1) is 26.7. The Morgan fingerprint density at radius 2 is 1.60 bits per heavy atom. The lowest BCUT2D eigenvalue weighted by Crippen LogP contribution is -2.35. The molecule has 2 aliphatic heterocycles. The average molecular weight is 745 g/mol. The van der Waals surface area contributed by atoms with Gasteiger partial charge in [0.05, 0.1) is 40.8 Å². The van der Waals surface area contributed by atoms with Crippen molar-refractivity contribution in [1.82, 2.24) is 19.1 Å². The minimum absolute atomic E-state index is 0.160. The molecule has 0 radical (unpaired) electrons. The zero-order chi connectivity index (χ0) is 38.2. The molecular weight excluding hydrogens is 700 g/mol. The lowest BCUT2D eigenvalue weighted by atomic mass is 9.98. The number of hydrogen-bond acceptors (Lipinski definition) is 10. The fraction of sp³-hybridized carbons (Fsp3) is 0.349. The Morgan fingerprint density at radius 1 is 0.873 bits per heavy atom. The van der Waals surface area contributed by atoms with Crippen molar-refractivity contribution in [3.05, 3.63) is 107 Å². The number of aryl methyl sites for hydroxylation is 3. The third kappa shape index (κ3) is 7.08. The Hall–Kier alpha value is -5.56. The number of methoxy groups -OCH3 is 1. The molecule has 0 bridgehead atoms. The van der Waals surface area contributed by atoms with Gasteiger partial charge in [0.25, 0.3) is 0 Å². The number of carbonyl (C=O) groups is 2. The van der Waals surface area contributed by atoms with E-state index in [0.717, 1.165) is 68.8 Å². The van der Waals surface area contributed by atoms with Crippen LogP contribution in [0.25, 0.3) is 44.6 Å². The van der Waals surface area contributed by atoms with E-state index in [1.807, 2.05) is 42.5 Å². The van der Waals surface area contributed by atoms with E-state index in [0.29, 0.717) is 24.3 Å². The number of rotatable bonds is 11. The molecule has 2 saturated heterocycles. The fourth-order valence-electron chi connectivity index (χ4n) is 7.71. The highest BCUT2D eigenvalue weighted by Crippen LogP contribution is 2.33. The van der Waals surface area contributed by atoms with Gasteiger partial charge in [-0.1, -0.05) is 61.5 Å². The fourth-order valence-corrected chi connectivity index (χ4v) is 7.71. The second-order valence-corrected chi connectivity index (χ2v) is 14.1. The molecular formula is C43H44N4O8. The molecule has 55 heavy (non-hydrogen) atoms. The minimum Gasteiger partial charge on any atom is -0.426 e. The quantitative estimate of drug-likeness (QED) is 0.0979. The highest BCUT2D eigenvalue weighted by molar-refractivity contribution is 5.97. The van der Waals surface area contributed by atoms with Crippen LogP contribution in [0.3, 0.4) is 0 Å². The van der Waals surface area contributed by atoms with Crippen LogP contribution >= 0.6 is 0 Å². The minimum atomic E-state index is -1.20. The summed E-state index contributed by atoms with van der Waals surface area (Å²) in [5.41, 5.74) is 9.22. The molecule has 5 atom stereocenters. The number of para-hydroxylation sites is 2. The number of carbonyl (C=O) groups excluding carboxylic acids is 2. The first-order valence-corrected chi connectivity index (χ1v) is 18.7. The predicted octanol–water partition coefficient (Wildman–Crippen LogP) is 7.40. The highest BCUT2D eigenvalue weighted by Gasteiger charge is 2.50. The highest BCUT2D eigenvalue weighted by atomic mass is 16.8. The lowest BCUT2D eigenvalue weighted by Gasteiger charge is -2.19. The smallest absolute Gasteiger partial charge is 0.426 e. The third-order valence-electron chi connectivity index (χ3n) is 10.4. The molecule has 0 amide bonds. The molecule has 0 saturated carbocycles. The van der Waals surface area contributed by atoms with Gasteiger partial charge in [0, 0.05) is 39.6 Å². The van der Waals surface area contributed by atoms with Gasteiger partial charge in [0.15, 0.2) is 6.10 Å². The maximum Gasteiger partial charge on any atom is 0.511 e. The van der Waals surface area contributed by atoms with Crippen molar-refractivity contribution in [2.24, 2.45) is 7.05 Å². The molecule has 8 rings (SSSR count). The topological polar surface area (TPSA) is 125 Å². The molecule has 2 aromatic heterocycles. The summed E-state index contributed by atoms with van der Waals surface area (Å²) in [6.45, 7) is 6.88. The Kier molecular flexibility index (Phi) is 10.1. The molecule has 6 aromatic rings. The molecule has 284 valence electrons. The van der Waals surface area contributed by atoms with Gasteiger partial charge < -0.3 is 37.6 Å². The van der Waals surface area contributed by atoms with E-state index in [2.05, 4.69) is 60.4 Å². The summed E-state index contributed by atoms with van der Waals surface area (Å²) in [6, 6.07) is 27.9. The number of hydrogen-bond donors (Lipinski definition) is 0. The van der Waals surface area contributed by atoms with Crippen LogP contribution in [0.1, 0.15) is 47.6 Å². The van der Waals surface area contributed by atoms with Gasteiger partial charge in [-0.05, 0) is 65.9 Å². The van der Waals surface area contributed by atoms with Crippen molar-refractivity contribution in [1.29, 1.82) is 0 Å². The van der Waals surface area contributed by atoms with Crippen LogP contribution in [0.5, 0.6) is 0 Å². The molecule has 2 aliphatic rings. The summed E-state index contributed by atoms with van der Waals surface area (Å²) in [5.74, 6) is 1.32. The lowest BCUT2D eigenvalue weighted by molar-refractivity contribution is -0.0989. The number of esters is 1. The van der Waals surface area contributed by atoms with Gasteiger partial charge in [-0.3, -0.25) is 0 Å². The van der Waals surface area contributed by atoms with Crippen LogP contribution in [0, 0.1) is 6.92 Å². The monoisotopic (exact) mass is 744 g/mol. The summed E-state index contributed by atoms with van der Waals surface area (Å²) in [4.78, 5) is 36.1. The molecule has 12 nitrogen and oxygen atoms in total. The number of benzene rings is 4. The summed E-state index contributed by atoms with van der Waals surface area (Å²) in [7, 11) is 3.64. The molecule has 0 N–H and O–H groups in total. The Morgan fingerprint density at radius 3 is 2.36 bits per heavy atom. The van der Waals surface area contributed by atoms with Gasteiger partial charge in [0.1, 0.15) is 30.0 Å². The van der Waals surface area contributed by atoms with Crippen LogP contribution in [0.4, 0.5) is 4.79 Å². The third-order valence-corrected chi connectivity index (χ3v) is 10.4. The average Bonchev–Trinajstić information content (AvgIpc) is 3.95. The van der Waals surface area contributed by atoms with Crippen LogP contribution in [-0.4, -0.2) is 82.3 Å². The van der Waals surface area contributed by atoms with E-state index < -0.39 is 30.6 Å². The SMILES string of the molecule is CCCc1nc2c(C)cc(-c3nc4ccccc4n3C)cc2n1Cc1ccc(-c2ccccc2C(=O)OC(C)OC(=O)O[C@@H]2CO[C@@H]3[C@H]2OC[C@H]3OC)cc1. The van der Waals surface area contributed by atoms with Crippen LogP contribution in [-0.2, 0) is 48.4 Å². The Balaban J connectivity index is 0.979. The molecule has 0 aliphatic carbocycles. The van der Waals surface area contributed by atoms with Gasteiger partial charge in [0.2, 0.25) is 6.29 Å². The van der Waals surface area contributed by atoms with Crippen molar-refractivity contribution < 1.29 is 38.0 Å². The molecule has 0 spiro atoms. The number of ether oxygens (including phenoxy) is 6. The predicted molar refractivity (Wildman–Crippen MR) is 206 cm³/mol. The van der Waals surface area contributed by atoms with E-state index in [4.69, 9.17) is 38.4 Å². The molecule has 4 heterocycles. The second-order valence-electron chi connectivity index (χ2n) is 14.1. The Labute approximate surface area is 318 Å². The van der Waals surface area contributed by atoms with Crippen molar-refractivity contribution in [3.8, 4) is 22.5 Å². The van der Waals surface area contributed by atoms with Crippen molar-refractivity contribution in [2.45, 2.75) is 70.9 Å². The molecule has 12 heteroatoms. The normalized spacial score (nSPS) is 19.8. The number of aromatic nitrogens is 4. The maximum absolute atomic E-state index is 13.4. The second kappa shape index (κ2) is 15.3. The molecule has 1 unspecified atom stereocenters. The van der Waals surface area contributed by atoms with Gasteiger partial charge in [-0.2, -0.15) is 0 Å². The first kappa shape index (κ1) is 36.4. The number of nitrogens with zero attached hydrogens (tertiary/aromatic N) is 4. The van der Waals surface area contributed by atoms with Crippen molar-refractivity contribution in [2.75, 3.05) is 20.3 Å². The number of imidazole rings is 2. The zero-order valence-electron chi connectivity index (χ0n) is 31.6. The first-order valence-electron chi connectivity index (χ1n) is 18.7. The largest absolute Gasteiger partial charge is 0.511 e. The van der Waals surface area contributed by atoms with E-state index in [9.17, 15) is 9.59 Å². The van der Waals surface area contributed by atoms with Gasteiger partial charge in [-0.15, -0.1) is 0 Å². The van der Waals surface area contributed by atoms with E-state index in [-0.39, 0.29) is 18.8 Å². The van der Waals surface area contributed by atoms with Crippen LogP contribution < -0.4 is 0 Å². The molecule has 2 fully saturated rings. The van der Waals surface area contributed by atoms with Crippen molar-refractivity contribution >= 4 is 34.2 Å². The standard InChI is InChI=1S/C43H44N4O8/c1-6-11-37-45-38-25(2)20-29(41-44-32-14-9-10-15-33(32)46(41)4)21-34(38)47(37)22-27-16-18-28(19-17-27)30-12-7-8-13-31(30)42(48)53-26(3)54-43(49)55-36-24-52-39-35(50-5)23-51-40(36)39/h7-10,12-21,26,35-36,39-40H,6,11,22-24H2,1-5H3/t26?,35-,36-,39+,40+/m1/s1. The summed E-state index contributed by atoms with van der Waals surface area (Å²) in [6.07, 6.45) is -1.99. The summed E-state index contributed by atoms with van der Waals surface area (Å²) in [5, 5.41) is 0. The van der Waals surface area contributed by atoms with Crippen LogP contribution in [0.15, 0.2) is 84.9 Å². The zero-order valence-corrected chi connectivity index (χ0v) is 31.6. The maximum atomic E-state index is 13.4.